The number of benzene rings is 1. The Balaban J connectivity index is 1.46. The molecule has 142 valence electrons. The van der Waals surface area contributed by atoms with Gasteiger partial charge in [0.05, 0.1) is 11.4 Å². The van der Waals surface area contributed by atoms with Gasteiger partial charge in [0, 0.05) is 25.0 Å². The van der Waals surface area contributed by atoms with Gasteiger partial charge in [-0.25, -0.2) is 0 Å². The minimum absolute atomic E-state index is 0.127. The highest BCUT2D eigenvalue weighted by molar-refractivity contribution is 5.96. The Kier molecular flexibility index (Phi) is 5.49. The molecule has 4 rings (SSSR count). The Hall–Kier alpha value is -1.55. The van der Waals surface area contributed by atoms with Crippen LogP contribution in [0, 0.1) is 17.8 Å². The number of carbonyl (C=O) groups is 1. The molecule has 26 heavy (non-hydrogen) atoms. The first-order valence-corrected chi connectivity index (χ1v) is 10.6. The number of rotatable bonds is 3. The molecule has 2 atom stereocenters. The number of anilines is 2. The highest BCUT2D eigenvalue weighted by Gasteiger charge is 2.40. The van der Waals surface area contributed by atoms with Crippen molar-refractivity contribution < 1.29 is 4.79 Å². The van der Waals surface area contributed by atoms with Gasteiger partial charge in [0.25, 0.3) is 0 Å². The summed E-state index contributed by atoms with van der Waals surface area (Å²) in [6.45, 7) is 2.19. The van der Waals surface area contributed by atoms with Crippen LogP contribution in [0.2, 0.25) is 0 Å². The Bertz CT molecular complexity index is 610. The van der Waals surface area contributed by atoms with Crippen molar-refractivity contribution in [2.45, 2.75) is 63.8 Å². The van der Waals surface area contributed by atoms with Gasteiger partial charge in [0.15, 0.2) is 0 Å². The van der Waals surface area contributed by atoms with Crippen molar-refractivity contribution in [1.82, 2.24) is 0 Å². The van der Waals surface area contributed by atoms with Crippen molar-refractivity contribution in [2.24, 2.45) is 23.5 Å². The van der Waals surface area contributed by atoms with Crippen LogP contribution in [-0.2, 0) is 4.79 Å². The molecule has 0 aromatic heterocycles. The van der Waals surface area contributed by atoms with Gasteiger partial charge in [-0.1, -0.05) is 31.4 Å². The second-order valence-corrected chi connectivity index (χ2v) is 8.60. The van der Waals surface area contributed by atoms with Crippen LogP contribution in [0.15, 0.2) is 24.3 Å². The van der Waals surface area contributed by atoms with E-state index in [1.165, 1.54) is 50.6 Å². The molecule has 1 amide bonds. The smallest absolute Gasteiger partial charge is 0.227 e. The van der Waals surface area contributed by atoms with E-state index in [0.29, 0.717) is 17.9 Å². The van der Waals surface area contributed by atoms with Gasteiger partial charge >= 0.3 is 0 Å². The van der Waals surface area contributed by atoms with Gasteiger partial charge < -0.3 is 16.0 Å². The molecule has 3 aliphatic rings. The lowest BCUT2D eigenvalue weighted by atomic mass is 9.65. The third-order valence-corrected chi connectivity index (χ3v) is 6.89. The summed E-state index contributed by atoms with van der Waals surface area (Å²) in [5.74, 6) is 1.41. The average molecular weight is 356 g/mol. The van der Waals surface area contributed by atoms with E-state index in [9.17, 15) is 4.79 Å². The molecule has 1 saturated heterocycles. The molecule has 2 aliphatic carbocycles. The highest BCUT2D eigenvalue weighted by Crippen LogP contribution is 2.42. The first-order valence-electron chi connectivity index (χ1n) is 10.6. The summed E-state index contributed by atoms with van der Waals surface area (Å²) < 4.78 is 0. The van der Waals surface area contributed by atoms with Crippen LogP contribution in [0.25, 0.3) is 0 Å². The van der Waals surface area contributed by atoms with Crippen molar-refractivity contribution in [3.63, 3.8) is 0 Å². The summed E-state index contributed by atoms with van der Waals surface area (Å²) in [7, 11) is 0. The summed E-state index contributed by atoms with van der Waals surface area (Å²) in [6.07, 6.45) is 10.7. The van der Waals surface area contributed by atoms with Gasteiger partial charge in [0.1, 0.15) is 0 Å². The number of fused-ring (bicyclic) bond motifs is 2. The summed E-state index contributed by atoms with van der Waals surface area (Å²) in [5.41, 5.74) is 8.57. The quantitative estimate of drug-likeness (QED) is 0.856. The van der Waals surface area contributed by atoms with Gasteiger partial charge in [-0.15, -0.1) is 0 Å². The van der Waals surface area contributed by atoms with Crippen LogP contribution in [0.3, 0.4) is 0 Å². The van der Waals surface area contributed by atoms with Crippen molar-refractivity contribution in [3.8, 4) is 0 Å². The Labute approximate surface area is 157 Å². The molecule has 2 saturated carbocycles. The first-order chi connectivity index (χ1) is 12.7. The molecule has 1 aliphatic heterocycles. The van der Waals surface area contributed by atoms with Gasteiger partial charge in [-0.3, -0.25) is 4.79 Å². The maximum absolute atomic E-state index is 13.0. The third-order valence-electron chi connectivity index (χ3n) is 6.89. The van der Waals surface area contributed by atoms with E-state index in [0.717, 1.165) is 31.6 Å². The van der Waals surface area contributed by atoms with Gasteiger partial charge in [-0.05, 0) is 62.5 Å². The van der Waals surface area contributed by atoms with Crippen molar-refractivity contribution >= 4 is 17.3 Å². The van der Waals surface area contributed by atoms with E-state index < -0.39 is 0 Å². The largest absolute Gasteiger partial charge is 0.370 e. The van der Waals surface area contributed by atoms with E-state index in [-0.39, 0.29) is 11.8 Å². The molecule has 4 nitrogen and oxygen atoms in total. The van der Waals surface area contributed by atoms with Gasteiger partial charge in [-0.2, -0.15) is 0 Å². The third kappa shape index (κ3) is 3.75. The molecule has 1 aromatic carbocycles. The fraction of sp³-hybridized carbons (Fsp3) is 0.682. The van der Waals surface area contributed by atoms with E-state index in [1.54, 1.807) is 0 Å². The molecule has 2 bridgehead atoms. The second kappa shape index (κ2) is 7.99. The zero-order valence-corrected chi connectivity index (χ0v) is 15.8. The van der Waals surface area contributed by atoms with Crippen LogP contribution >= 0.6 is 0 Å². The molecular weight excluding hydrogens is 322 g/mol. The number of nitrogens with two attached hydrogens (primary N) is 1. The molecule has 0 spiro atoms. The number of carbonyl (C=O) groups excluding carboxylic acids is 1. The number of amides is 1. The number of hydrogen-bond donors (Lipinski definition) is 2. The molecular formula is C22H33N3O. The fourth-order valence-electron chi connectivity index (χ4n) is 5.40. The normalized spacial score (nSPS) is 32.0. The monoisotopic (exact) mass is 355 g/mol. The molecule has 3 fully saturated rings. The highest BCUT2D eigenvalue weighted by atomic mass is 16.1. The number of para-hydroxylation sites is 2. The minimum Gasteiger partial charge on any atom is -0.370 e. The van der Waals surface area contributed by atoms with Crippen molar-refractivity contribution in [3.05, 3.63) is 24.3 Å². The zero-order chi connectivity index (χ0) is 17.9. The molecule has 4 heteroatoms. The molecule has 3 N–H and O–H groups in total. The zero-order valence-electron chi connectivity index (χ0n) is 15.8. The fourth-order valence-corrected chi connectivity index (χ4v) is 5.40. The first kappa shape index (κ1) is 17.8. The summed E-state index contributed by atoms with van der Waals surface area (Å²) in [6, 6.07) is 8.65. The average Bonchev–Trinajstić information content (AvgIpc) is 2.91. The van der Waals surface area contributed by atoms with E-state index in [1.807, 2.05) is 6.07 Å². The lowest BCUT2D eigenvalue weighted by Gasteiger charge is -2.43. The van der Waals surface area contributed by atoms with Crippen LogP contribution < -0.4 is 16.0 Å². The van der Waals surface area contributed by atoms with Crippen LogP contribution in [0.5, 0.6) is 0 Å². The van der Waals surface area contributed by atoms with E-state index in [4.69, 9.17) is 5.73 Å². The topological polar surface area (TPSA) is 58.4 Å². The van der Waals surface area contributed by atoms with E-state index in [2.05, 4.69) is 28.4 Å². The SMILES string of the molecule is NC1C2CCCC1CC(C(=O)Nc1ccccc1N1CCCCCC1)C2. The van der Waals surface area contributed by atoms with Crippen LogP contribution in [0.1, 0.15) is 57.8 Å². The Morgan fingerprint density at radius 2 is 1.62 bits per heavy atom. The standard InChI is InChI=1S/C22H33N3O/c23-21-16-8-7-9-17(21)15-18(14-16)22(26)24-19-10-3-4-11-20(19)25-12-5-1-2-6-13-25/h3-4,10-11,16-18,21H,1-2,5-9,12-15,23H2,(H,24,26). The summed E-state index contributed by atoms with van der Waals surface area (Å²) in [4.78, 5) is 15.5. The molecule has 2 unspecified atom stereocenters. The van der Waals surface area contributed by atoms with E-state index >= 15 is 0 Å². The molecule has 0 radical (unpaired) electrons. The summed E-state index contributed by atoms with van der Waals surface area (Å²) >= 11 is 0. The predicted octanol–water partition coefficient (Wildman–Crippen LogP) is 4.16. The number of nitrogens with one attached hydrogen (secondary N) is 1. The molecule has 1 heterocycles. The number of nitrogens with zero attached hydrogens (tertiary/aromatic N) is 1. The summed E-state index contributed by atoms with van der Waals surface area (Å²) in [5, 5.41) is 3.28. The Morgan fingerprint density at radius 3 is 2.31 bits per heavy atom. The van der Waals surface area contributed by atoms with Crippen LogP contribution in [0.4, 0.5) is 11.4 Å². The van der Waals surface area contributed by atoms with Crippen molar-refractivity contribution in [2.75, 3.05) is 23.3 Å². The predicted molar refractivity (Wildman–Crippen MR) is 107 cm³/mol. The lowest BCUT2D eigenvalue weighted by molar-refractivity contribution is -0.122. The van der Waals surface area contributed by atoms with Crippen molar-refractivity contribution in [1.29, 1.82) is 0 Å². The lowest BCUT2D eigenvalue weighted by Crippen LogP contribution is -2.48. The molecule has 1 aromatic rings. The maximum Gasteiger partial charge on any atom is 0.227 e. The minimum atomic E-state index is 0.127. The van der Waals surface area contributed by atoms with Crippen LogP contribution in [-0.4, -0.2) is 25.0 Å². The number of hydrogen-bond acceptors (Lipinski definition) is 3. The maximum atomic E-state index is 13.0. The van der Waals surface area contributed by atoms with Gasteiger partial charge in [0.2, 0.25) is 5.91 Å². The Morgan fingerprint density at radius 1 is 0.962 bits per heavy atom. The second-order valence-electron chi connectivity index (χ2n) is 8.60.